The van der Waals surface area contributed by atoms with Gasteiger partial charge in [0.25, 0.3) is 15.9 Å². The molecule has 0 aliphatic heterocycles. The van der Waals surface area contributed by atoms with E-state index in [-0.39, 0.29) is 32.5 Å². The lowest BCUT2D eigenvalue weighted by atomic mass is 10.2. The van der Waals surface area contributed by atoms with Crippen molar-refractivity contribution >= 4 is 56.3 Å². The van der Waals surface area contributed by atoms with Crippen LogP contribution in [0.1, 0.15) is 17.3 Å². The first kappa shape index (κ1) is 26.3. The summed E-state index contributed by atoms with van der Waals surface area (Å²) in [4.78, 5) is 35.6. The Hall–Kier alpha value is -4.29. The van der Waals surface area contributed by atoms with E-state index in [0.717, 1.165) is 25.1 Å². The summed E-state index contributed by atoms with van der Waals surface area (Å²) < 4.78 is 27.9. The van der Waals surface area contributed by atoms with E-state index in [1.807, 2.05) is 0 Å². The van der Waals surface area contributed by atoms with E-state index < -0.39 is 39.5 Å². The molecule has 0 bridgehead atoms. The van der Waals surface area contributed by atoms with Crippen LogP contribution >= 0.6 is 11.6 Å². The molecule has 186 valence electrons. The van der Waals surface area contributed by atoms with Gasteiger partial charge in [-0.05, 0) is 49.4 Å². The molecule has 36 heavy (non-hydrogen) atoms. The molecule has 1 unspecified atom stereocenters. The molecule has 3 rings (SSSR count). The van der Waals surface area contributed by atoms with Crippen LogP contribution in [0, 0.1) is 0 Å². The highest BCUT2D eigenvalue weighted by molar-refractivity contribution is 7.92. The summed E-state index contributed by atoms with van der Waals surface area (Å²) in [6, 6.07) is 13.2. The molecule has 1 amide bonds. The Balaban J connectivity index is 1.88. The maximum absolute atomic E-state index is 12.8. The molecule has 3 aromatic rings. The molecule has 3 aromatic carbocycles. The molecule has 0 spiro atoms. The first-order chi connectivity index (χ1) is 17.0. The topological polar surface area (TPSA) is 175 Å². The Bertz CT molecular complexity index is 1470. The van der Waals surface area contributed by atoms with Gasteiger partial charge in [-0.15, -0.1) is 0 Å². The van der Waals surface area contributed by atoms with E-state index >= 15 is 0 Å². The van der Waals surface area contributed by atoms with Crippen molar-refractivity contribution in [2.45, 2.75) is 17.9 Å². The Morgan fingerprint density at radius 1 is 0.972 bits per heavy atom. The van der Waals surface area contributed by atoms with Gasteiger partial charge in [-0.25, -0.2) is 13.2 Å². The van der Waals surface area contributed by atoms with Crippen LogP contribution in [0.25, 0.3) is 0 Å². The fourth-order valence-electron chi connectivity index (χ4n) is 2.91. The zero-order chi connectivity index (χ0) is 26.5. The number of carbonyl (C=O) groups excluding carboxylic acids is 2. The molecule has 4 N–H and O–H groups in total. The number of nitrogens with one attached hydrogen (secondary N) is 2. The second kappa shape index (κ2) is 11.0. The number of aromatic hydroxyl groups is 1. The molecular formula is C23H19ClN4O7S. The first-order valence-corrected chi connectivity index (χ1v) is 12.0. The van der Waals surface area contributed by atoms with Crippen molar-refractivity contribution in [1.82, 2.24) is 0 Å². The number of benzene rings is 3. The number of ketones is 1. The third-order valence-corrected chi connectivity index (χ3v) is 6.40. The predicted molar refractivity (Wildman–Crippen MR) is 131 cm³/mol. The SMILES string of the molecule is CC(=O)C(N=Nc1cc(S(=O)(=O)Nc2ccccc2C(=O)O)ccc1O)C(=O)Nc1ccccc1Cl. The maximum Gasteiger partial charge on any atom is 0.337 e. The number of carboxylic acid groups (broad SMARTS) is 1. The molecule has 0 heterocycles. The molecule has 0 aliphatic rings. The third kappa shape index (κ3) is 6.23. The first-order valence-electron chi connectivity index (χ1n) is 10.1. The maximum atomic E-state index is 12.8. The summed E-state index contributed by atoms with van der Waals surface area (Å²) in [5, 5.41) is 29.5. The van der Waals surface area contributed by atoms with E-state index in [9.17, 15) is 33.0 Å². The molecule has 1 atom stereocenters. The minimum atomic E-state index is -4.31. The van der Waals surface area contributed by atoms with Crippen LogP contribution in [-0.4, -0.2) is 42.3 Å². The van der Waals surface area contributed by atoms with E-state index in [1.54, 1.807) is 12.1 Å². The summed E-state index contributed by atoms with van der Waals surface area (Å²) in [7, 11) is -4.31. The van der Waals surface area contributed by atoms with Crippen LogP contribution in [0.3, 0.4) is 0 Å². The van der Waals surface area contributed by atoms with Crippen molar-refractivity contribution in [3.8, 4) is 5.75 Å². The van der Waals surface area contributed by atoms with Crippen LogP contribution < -0.4 is 10.0 Å². The van der Waals surface area contributed by atoms with Crippen LogP contribution in [0.4, 0.5) is 17.1 Å². The van der Waals surface area contributed by atoms with Gasteiger partial charge in [-0.3, -0.25) is 14.3 Å². The molecule has 11 nitrogen and oxygen atoms in total. The Labute approximate surface area is 210 Å². The van der Waals surface area contributed by atoms with Gasteiger partial charge >= 0.3 is 5.97 Å². The quantitative estimate of drug-likeness (QED) is 0.236. The third-order valence-electron chi connectivity index (χ3n) is 4.71. The van der Waals surface area contributed by atoms with Gasteiger partial charge < -0.3 is 15.5 Å². The van der Waals surface area contributed by atoms with Crippen molar-refractivity contribution in [3.05, 3.63) is 77.3 Å². The summed E-state index contributed by atoms with van der Waals surface area (Å²) in [6.45, 7) is 1.11. The number of phenolic OH excluding ortho intramolecular Hbond substituents is 1. The number of sulfonamides is 1. The monoisotopic (exact) mass is 530 g/mol. The summed E-state index contributed by atoms with van der Waals surface area (Å²) in [5.41, 5.74) is -0.543. The van der Waals surface area contributed by atoms with Gasteiger partial charge in [0.1, 0.15) is 11.4 Å². The van der Waals surface area contributed by atoms with Crippen LogP contribution in [0.2, 0.25) is 5.02 Å². The number of aromatic carboxylic acids is 1. The van der Waals surface area contributed by atoms with Crippen LogP contribution in [0.15, 0.2) is 81.9 Å². The van der Waals surface area contributed by atoms with Gasteiger partial charge in [0.2, 0.25) is 6.04 Å². The zero-order valence-corrected chi connectivity index (χ0v) is 20.1. The van der Waals surface area contributed by atoms with Crippen LogP contribution in [0.5, 0.6) is 5.75 Å². The van der Waals surface area contributed by atoms with E-state index in [1.165, 1.54) is 36.4 Å². The fourth-order valence-corrected chi connectivity index (χ4v) is 4.20. The average molecular weight is 531 g/mol. The number of halogens is 1. The number of amides is 1. The number of para-hydroxylation sites is 2. The van der Waals surface area contributed by atoms with E-state index in [4.69, 9.17) is 11.6 Å². The molecule has 0 aliphatic carbocycles. The highest BCUT2D eigenvalue weighted by Crippen LogP contribution is 2.31. The van der Waals surface area contributed by atoms with Gasteiger partial charge in [0.05, 0.1) is 26.9 Å². The molecule has 0 fully saturated rings. The van der Waals surface area contributed by atoms with Gasteiger partial charge in [-0.2, -0.15) is 10.2 Å². The predicted octanol–water partition coefficient (Wildman–Crippen LogP) is 4.22. The fraction of sp³-hybridized carbons (Fsp3) is 0.0870. The Kier molecular flexibility index (Phi) is 8.02. The molecular weight excluding hydrogens is 512 g/mol. The van der Waals surface area contributed by atoms with Crippen molar-refractivity contribution < 1.29 is 33.0 Å². The minimum Gasteiger partial charge on any atom is -0.506 e. The largest absolute Gasteiger partial charge is 0.506 e. The highest BCUT2D eigenvalue weighted by atomic mass is 35.5. The molecule has 0 radical (unpaired) electrons. The number of phenols is 1. The number of anilines is 2. The number of carboxylic acids is 1. The number of nitrogens with zero attached hydrogens (tertiary/aromatic N) is 2. The Morgan fingerprint density at radius 2 is 1.61 bits per heavy atom. The smallest absolute Gasteiger partial charge is 0.337 e. The molecule has 0 saturated carbocycles. The number of carbonyl (C=O) groups is 3. The molecule has 0 saturated heterocycles. The van der Waals surface area contributed by atoms with Gasteiger partial charge in [-0.1, -0.05) is 35.9 Å². The van der Waals surface area contributed by atoms with Gasteiger partial charge in [0.15, 0.2) is 5.78 Å². The number of Topliss-reactive ketones (excluding diaryl/α,β-unsaturated/α-hetero) is 1. The van der Waals surface area contributed by atoms with Gasteiger partial charge in [0, 0.05) is 0 Å². The molecule has 0 aromatic heterocycles. The lowest BCUT2D eigenvalue weighted by molar-refractivity contribution is -0.126. The summed E-state index contributed by atoms with van der Waals surface area (Å²) >= 11 is 6.01. The van der Waals surface area contributed by atoms with E-state index in [0.29, 0.717) is 0 Å². The summed E-state index contributed by atoms with van der Waals surface area (Å²) in [6.07, 6.45) is 0. The van der Waals surface area contributed by atoms with Crippen LogP contribution in [-0.2, 0) is 19.6 Å². The lowest BCUT2D eigenvalue weighted by Crippen LogP contribution is -2.31. The lowest BCUT2D eigenvalue weighted by Gasteiger charge is -2.12. The summed E-state index contributed by atoms with van der Waals surface area (Å²) in [5.74, 6) is -3.32. The van der Waals surface area contributed by atoms with Crippen molar-refractivity contribution in [3.63, 3.8) is 0 Å². The normalized spacial score (nSPS) is 12.2. The number of rotatable bonds is 9. The minimum absolute atomic E-state index is 0.172. The second-order valence-corrected chi connectivity index (χ2v) is 9.39. The second-order valence-electron chi connectivity index (χ2n) is 7.30. The molecule has 13 heteroatoms. The highest BCUT2D eigenvalue weighted by Gasteiger charge is 2.24. The van der Waals surface area contributed by atoms with Crippen molar-refractivity contribution in [1.29, 1.82) is 0 Å². The number of hydrogen-bond acceptors (Lipinski definition) is 8. The zero-order valence-electron chi connectivity index (χ0n) is 18.5. The standard InChI is InChI=1S/C23H19ClN4O7S/c1-13(29)21(22(31)25-18-9-5-3-7-16(18)24)27-26-19-12-14(10-11-20(19)30)36(34,35)28-17-8-4-2-6-15(17)23(32)33/h2-12,21,28,30H,1H3,(H,25,31)(H,32,33). The van der Waals surface area contributed by atoms with Crippen molar-refractivity contribution in [2.24, 2.45) is 10.2 Å². The van der Waals surface area contributed by atoms with Crippen molar-refractivity contribution in [2.75, 3.05) is 10.0 Å². The average Bonchev–Trinajstić information content (AvgIpc) is 2.81. The Morgan fingerprint density at radius 3 is 2.25 bits per heavy atom. The number of hydrogen-bond donors (Lipinski definition) is 4. The number of azo groups is 1. The van der Waals surface area contributed by atoms with E-state index in [2.05, 4.69) is 20.3 Å².